The highest BCUT2D eigenvalue weighted by molar-refractivity contribution is 5.58. The van der Waals surface area contributed by atoms with Crippen LogP contribution in [-0.2, 0) is 0 Å². The minimum absolute atomic E-state index is 0.222. The van der Waals surface area contributed by atoms with Crippen molar-refractivity contribution >= 4 is 5.69 Å². The van der Waals surface area contributed by atoms with Gasteiger partial charge in [0.2, 0.25) is 0 Å². The highest BCUT2D eigenvalue weighted by Crippen LogP contribution is 2.38. The van der Waals surface area contributed by atoms with E-state index in [2.05, 4.69) is 18.7 Å². The van der Waals surface area contributed by atoms with Crippen LogP contribution >= 0.6 is 0 Å². The number of para-hydroxylation sites is 1. The van der Waals surface area contributed by atoms with Crippen LogP contribution in [0.3, 0.4) is 0 Å². The van der Waals surface area contributed by atoms with Gasteiger partial charge in [-0.15, -0.1) is 0 Å². The molecule has 100 valence electrons. The second kappa shape index (κ2) is 5.27. The molecule has 1 aliphatic rings. The van der Waals surface area contributed by atoms with E-state index in [-0.39, 0.29) is 5.82 Å². The fraction of sp³-hybridized carbons (Fsp3) is 0.600. The van der Waals surface area contributed by atoms with Gasteiger partial charge in [0.15, 0.2) is 0 Å². The summed E-state index contributed by atoms with van der Waals surface area (Å²) in [4.78, 5) is 2.16. The van der Waals surface area contributed by atoms with Crippen LogP contribution in [0.1, 0.15) is 51.7 Å². The molecule has 0 aliphatic carbocycles. The van der Waals surface area contributed by atoms with Gasteiger partial charge >= 0.3 is 0 Å². The van der Waals surface area contributed by atoms with Crippen molar-refractivity contribution < 1.29 is 9.50 Å². The van der Waals surface area contributed by atoms with Crippen LogP contribution in [0.4, 0.5) is 10.1 Å². The van der Waals surface area contributed by atoms with Crippen LogP contribution < -0.4 is 4.90 Å². The third-order valence-electron chi connectivity index (χ3n) is 3.98. The first-order valence-electron chi connectivity index (χ1n) is 6.81. The van der Waals surface area contributed by atoms with E-state index < -0.39 is 6.10 Å². The Morgan fingerprint density at radius 1 is 1.44 bits per heavy atom. The van der Waals surface area contributed by atoms with Crippen LogP contribution in [0.5, 0.6) is 0 Å². The standard InChI is InChI=1S/C15H22FNO/c1-4-12-9-8-10(2)17(12)15-13(11(3)18)6-5-7-14(15)16/h5-7,10-12,18H,4,8-9H2,1-3H3/t10?,11-,12?/m0/s1. The Kier molecular flexibility index (Phi) is 3.91. The van der Waals surface area contributed by atoms with Gasteiger partial charge in [-0.1, -0.05) is 19.1 Å². The molecule has 0 radical (unpaired) electrons. The molecule has 1 saturated heterocycles. The molecule has 2 nitrogen and oxygen atoms in total. The van der Waals surface area contributed by atoms with E-state index in [1.54, 1.807) is 13.0 Å². The molecule has 1 aliphatic heterocycles. The molecule has 3 atom stereocenters. The average molecular weight is 251 g/mol. The number of benzene rings is 1. The lowest BCUT2D eigenvalue weighted by atomic mass is 10.0. The normalized spacial score (nSPS) is 25.5. The molecule has 0 spiro atoms. The zero-order valence-corrected chi connectivity index (χ0v) is 11.4. The lowest BCUT2D eigenvalue weighted by Crippen LogP contribution is -2.35. The number of rotatable bonds is 3. The summed E-state index contributed by atoms with van der Waals surface area (Å²) in [5.41, 5.74) is 1.30. The number of hydrogen-bond acceptors (Lipinski definition) is 2. The average Bonchev–Trinajstić information content (AvgIpc) is 2.70. The number of hydrogen-bond donors (Lipinski definition) is 1. The second-order valence-corrected chi connectivity index (χ2v) is 5.25. The van der Waals surface area contributed by atoms with E-state index in [0.29, 0.717) is 23.3 Å². The van der Waals surface area contributed by atoms with Crippen molar-refractivity contribution in [2.75, 3.05) is 4.90 Å². The third-order valence-corrected chi connectivity index (χ3v) is 3.98. The van der Waals surface area contributed by atoms with Gasteiger partial charge in [-0.25, -0.2) is 4.39 Å². The zero-order chi connectivity index (χ0) is 13.3. The fourth-order valence-electron chi connectivity index (χ4n) is 3.02. The lowest BCUT2D eigenvalue weighted by Gasteiger charge is -2.33. The van der Waals surface area contributed by atoms with Crippen molar-refractivity contribution in [1.82, 2.24) is 0 Å². The molecule has 2 rings (SSSR count). The maximum Gasteiger partial charge on any atom is 0.146 e. The number of halogens is 1. The summed E-state index contributed by atoms with van der Waals surface area (Å²) in [6, 6.07) is 5.70. The first kappa shape index (κ1) is 13.3. The topological polar surface area (TPSA) is 23.5 Å². The van der Waals surface area contributed by atoms with Gasteiger partial charge in [0, 0.05) is 17.6 Å². The van der Waals surface area contributed by atoms with Gasteiger partial charge < -0.3 is 10.0 Å². The van der Waals surface area contributed by atoms with Crippen molar-refractivity contribution in [3.63, 3.8) is 0 Å². The van der Waals surface area contributed by atoms with Crippen molar-refractivity contribution in [2.45, 2.75) is 58.2 Å². The minimum atomic E-state index is -0.638. The quantitative estimate of drug-likeness (QED) is 0.886. The Balaban J connectivity index is 2.48. The molecule has 1 N–H and O–H groups in total. The van der Waals surface area contributed by atoms with Crippen molar-refractivity contribution in [2.24, 2.45) is 0 Å². The van der Waals surface area contributed by atoms with Gasteiger partial charge in [-0.2, -0.15) is 0 Å². The predicted octanol–water partition coefficient (Wildman–Crippen LogP) is 3.65. The van der Waals surface area contributed by atoms with Crippen LogP contribution in [0, 0.1) is 5.82 Å². The van der Waals surface area contributed by atoms with Crippen molar-refractivity contribution in [3.05, 3.63) is 29.6 Å². The maximum atomic E-state index is 14.2. The van der Waals surface area contributed by atoms with E-state index >= 15 is 0 Å². The van der Waals surface area contributed by atoms with E-state index in [4.69, 9.17) is 0 Å². The Bertz CT molecular complexity index is 419. The Labute approximate surface area is 108 Å². The Morgan fingerprint density at radius 3 is 2.78 bits per heavy atom. The highest BCUT2D eigenvalue weighted by atomic mass is 19.1. The van der Waals surface area contributed by atoms with Crippen LogP contribution in [-0.4, -0.2) is 17.2 Å². The molecular formula is C15H22FNO. The second-order valence-electron chi connectivity index (χ2n) is 5.25. The number of aliphatic hydroxyl groups excluding tert-OH is 1. The molecule has 1 aromatic carbocycles. The molecule has 0 amide bonds. The van der Waals surface area contributed by atoms with E-state index in [0.717, 1.165) is 19.3 Å². The molecule has 0 aromatic heterocycles. The molecule has 0 bridgehead atoms. The molecule has 1 aromatic rings. The van der Waals surface area contributed by atoms with Crippen LogP contribution in [0.25, 0.3) is 0 Å². The highest BCUT2D eigenvalue weighted by Gasteiger charge is 2.33. The van der Waals surface area contributed by atoms with E-state index in [1.807, 2.05) is 6.07 Å². The summed E-state index contributed by atoms with van der Waals surface area (Å²) in [6.45, 7) is 5.96. The predicted molar refractivity (Wildman–Crippen MR) is 72.3 cm³/mol. The minimum Gasteiger partial charge on any atom is -0.389 e. The molecule has 1 fully saturated rings. The van der Waals surface area contributed by atoms with Crippen molar-refractivity contribution in [1.29, 1.82) is 0 Å². The third kappa shape index (κ3) is 2.24. The number of aliphatic hydroxyl groups is 1. The van der Waals surface area contributed by atoms with Gasteiger partial charge in [-0.3, -0.25) is 0 Å². The summed E-state index contributed by atoms with van der Waals surface area (Å²) < 4.78 is 14.2. The summed E-state index contributed by atoms with van der Waals surface area (Å²) >= 11 is 0. The molecule has 1 heterocycles. The molecule has 18 heavy (non-hydrogen) atoms. The summed E-state index contributed by atoms with van der Waals surface area (Å²) in [7, 11) is 0. The largest absolute Gasteiger partial charge is 0.389 e. The molecule has 0 saturated carbocycles. The zero-order valence-electron chi connectivity index (χ0n) is 11.4. The van der Waals surface area contributed by atoms with Gasteiger partial charge in [0.1, 0.15) is 5.82 Å². The Hall–Kier alpha value is -1.09. The molecule has 2 unspecified atom stereocenters. The first-order chi connectivity index (χ1) is 8.56. The van der Waals surface area contributed by atoms with E-state index in [1.165, 1.54) is 6.07 Å². The Morgan fingerprint density at radius 2 is 2.17 bits per heavy atom. The van der Waals surface area contributed by atoms with E-state index in [9.17, 15) is 9.50 Å². The fourth-order valence-corrected chi connectivity index (χ4v) is 3.02. The smallest absolute Gasteiger partial charge is 0.146 e. The maximum absolute atomic E-state index is 14.2. The van der Waals surface area contributed by atoms with Crippen LogP contribution in [0.2, 0.25) is 0 Å². The van der Waals surface area contributed by atoms with Crippen LogP contribution in [0.15, 0.2) is 18.2 Å². The monoisotopic (exact) mass is 251 g/mol. The summed E-state index contributed by atoms with van der Waals surface area (Å²) in [5.74, 6) is -0.222. The summed E-state index contributed by atoms with van der Waals surface area (Å²) in [5, 5.41) is 9.84. The molecule has 3 heteroatoms. The van der Waals surface area contributed by atoms with Crippen molar-refractivity contribution in [3.8, 4) is 0 Å². The van der Waals surface area contributed by atoms with Gasteiger partial charge in [0.05, 0.1) is 11.8 Å². The first-order valence-corrected chi connectivity index (χ1v) is 6.81. The van der Waals surface area contributed by atoms with Gasteiger partial charge in [0.25, 0.3) is 0 Å². The lowest BCUT2D eigenvalue weighted by molar-refractivity contribution is 0.199. The molecular weight excluding hydrogens is 229 g/mol. The van der Waals surface area contributed by atoms with Gasteiger partial charge in [-0.05, 0) is 39.2 Å². The number of nitrogens with zero attached hydrogens (tertiary/aromatic N) is 1. The SMILES string of the molecule is CCC1CCC(C)N1c1c(F)cccc1[C@H](C)O. The number of anilines is 1. The summed E-state index contributed by atoms with van der Waals surface area (Å²) in [6.07, 6.45) is 2.57.